The quantitative estimate of drug-likeness (QED) is 0.822. The van der Waals surface area contributed by atoms with Gasteiger partial charge in [0.05, 0.1) is 10.7 Å². The molecule has 2 rings (SSSR count). The maximum atomic E-state index is 13.3. The number of carbonyl (C=O) groups is 1. The van der Waals surface area contributed by atoms with E-state index < -0.39 is 11.8 Å². The number of anilines is 1. The van der Waals surface area contributed by atoms with E-state index in [2.05, 4.69) is 10.6 Å². The molecule has 2 amide bonds. The molecule has 1 aromatic rings. The molecule has 0 heterocycles. The number of rotatable bonds is 2. The molecule has 0 unspecified atom stereocenters. The van der Waals surface area contributed by atoms with Gasteiger partial charge in [-0.2, -0.15) is 0 Å². The summed E-state index contributed by atoms with van der Waals surface area (Å²) in [5, 5.41) is 5.36. The van der Waals surface area contributed by atoms with Crippen LogP contribution >= 0.6 is 11.6 Å². The molecule has 1 aliphatic rings. The third kappa shape index (κ3) is 2.44. The van der Waals surface area contributed by atoms with Crippen LogP contribution in [0.4, 0.5) is 14.9 Å². The standard InChI is InChI=1S/C11H12ClFN2O/c12-8-5-2-6-9(13)10(8)15-11(16)14-7-3-1-4-7/h2,5-7H,1,3-4H2,(H2,14,15,16). The summed E-state index contributed by atoms with van der Waals surface area (Å²) in [6.45, 7) is 0. The van der Waals surface area contributed by atoms with Crippen LogP contribution in [0.3, 0.4) is 0 Å². The first-order valence-electron chi connectivity index (χ1n) is 5.18. The topological polar surface area (TPSA) is 41.1 Å². The Hall–Kier alpha value is -1.29. The molecular weight excluding hydrogens is 231 g/mol. The maximum Gasteiger partial charge on any atom is 0.319 e. The number of hydrogen-bond donors (Lipinski definition) is 2. The van der Waals surface area contributed by atoms with Gasteiger partial charge >= 0.3 is 6.03 Å². The Balaban J connectivity index is 1.99. The first-order chi connectivity index (χ1) is 7.66. The van der Waals surface area contributed by atoms with Gasteiger partial charge in [0.15, 0.2) is 0 Å². The van der Waals surface area contributed by atoms with Crippen LogP contribution in [0.2, 0.25) is 5.02 Å². The number of nitrogens with one attached hydrogen (secondary N) is 2. The molecule has 16 heavy (non-hydrogen) atoms. The van der Waals surface area contributed by atoms with E-state index >= 15 is 0 Å². The summed E-state index contributed by atoms with van der Waals surface area (Å²) in [6.07, 6.45) is 3.10. The molecule has 0 spiro atoms. The average Bonchev–Trinajstić information content (AvgIpc) is 2.18. The van der Waals surface area contributed by atoms with E-state index in [0.29, 0.717) is 0 Å². The first kappa shape index (κ1) is 11.2. The van der Waals surface area contributed by atoms with Gasteiger partial charge in [-0.05, 0) is 31.4 Å². The fourth-order valence-corrected chi connectivity index (χ4v) is 1.72. The highest BCUT2D eigenvalue weighted by Gasteiger charge is 2.20. The Morgan fingerprint density at radius 3 is 2.75 bits per heavy atom. The van der Waals surface area contributed by atoms with Crippen molar-refractivity contribution in [2.45, 2.75) is 25.3 Å². The molecule has 1 saturated carbocycles. The van der Waals surface area contributed by atoms with Gasteiger partial charge in [0.25, 0.3) is 0 Å². The van der Waals surface area contributed by atoms with Crippen molar-refractivity contribution >= 4 is 23.3 Å². The largest absolute Gasteiger partial charge is 0.335 e. The number of benzene rings is 1. The first-order valence-corrected chi connectivity index (χ1v) is 5.56. The van der Waals surface area contributed by atoms with Crippen molar-refractivity contribution in [3.63, 3.8) is 0 Å². The van der Waals surface area contributed by atoms with E-state index in [9.17, 15) is 9.18 Å². The third-order valence-electron chi connectivity index (χ3n) is 2.64. The van der Waals surface area contributed by atoms with Crippen LogP contribution in [0, 0.1) is 5.82 Å². The fraction of sp³-hybridized carbons (Fsp3) is 0.364. The maximum absolute atomic E-state index is 13.3. The minimum absolute atomic E-state index is 0.0287. The van der Waals surface area contributed by atoms with Crippen LogP contribution in [-0.2, 0) is 0 Å². The van der Waals surface area contributed by atoms with E-state index in [0.717, 1.165) is 19.3 Å². The monoisotopic (exact) mass is 242 g/mol. The Morgan fingerprint density at radius 2 is 2.19 bits per heavy atom. The molecule has 0 atom stereocenters. The molecule has 0 aromatic heterocycles. The van der Waals surface area contributed by atoms with Crippen LogP contribution in [0.5, 0.6) is 0 Å². The molecular formula is C11H12ClFN2O. The van der Waals surface area contributed by atoms with Crippen molar-refractivity contribution in [1.82, 2.24) is 5.32 Å². The summed E-state index contributed by atoms with van der Waals surface area (Å²) < 4.78 is 13.3. The number of amides is 2. The summed E-state index contributed by atoms with van der Waals surface area (Å²) in [5.74, 6) is -0.531. The summed E-state index contributed by atoms with van der Waals surface area (Å²) in [7, 11) is 0. The van der Waals surface area contributed by atoms with E-state index in [1.54, 1.807) is 0 Å². The smallest absolute Gasteiger partial charge is 0.319 e. The molecule has 1 aromatic carbocycles. The molecule has 0 aliphatic heterocycles. The van der Waals surface area contributed by atoms with Gasteiger partial charge in [0, 0.05) is 6.04 Å². The molecule has 1 aliphatic carbocycles. The number of hydrogen-bond acceptors (Lipinski definition) is 1. The predicted octanol–water partition coefficient (Wildman–Crippen LogP) is 3.15. The highest BCUT2D eigenvalue weighted by molar-refractivity contribution is 6.33. The minimum Gasteiger partial charge on any atom is -0.335 e. The Bertz CT molecular complexity index is 387. The van der Waals surface area contributed by atoms with Crippen LogP contribution in [0.1, 0.15) is 19.3 Å². The molecule has 5 heteroatoms. The van der Waals surface area contributed by atoms with Gasteiger partial charge in [-0.3, -0.25) is 0 Å². The Kier molecular flexibility index (Phi) is 3.29. The molecule has 0 saturated heterocycles. The molecule has 3 nitrogen and oxygen atoms in total. The predicted molar refractivity (Wildman–Crippen MR) is 61.2 cm³/mol. The highest BCUT2D eigenvalue weighted by Crippen LogP contribution is 2.25. The zero-order valence-electron chi connectivity index (χ0n) is 8.59. The van der Waals surface area contributed by atoms with Gasteiger partial charge in [-0.25, -0.2) is 9.18 Å². The number of urea groups is 1. The second-order valence-corrected chi connectivity index (χ2v) is 4.23. The zero-order valence-corrected chi connectivity index (χ0v) is 9.35. The average molecular weight is 243 g/mol. The molecule has 1 fully saturated rings. The van der Waals surface area contributed by atoms with Crippen molar-refractivity contribution in [3.8, 4) is 0 Å². The second-order valence-electron chi connectivity index (χ2n) is 3.82. The summed E-state index contributed by atoms with van der Waals surface area (Å²) in [4.78, 5) is 11.5. The van der Waals surface area contributed by atoms with Crippen molar-refractivity contribution in [2.75, 3.05) is 5.32 Å². The lowest BCUT2D eigenvalue weighted by Crippen LogP contribution is -2.42. The van der Waals surface area contributed by atoms with E-state index in [1.165, 1.54) is 18.2 Å². The lowest BCUT2D eigenvalue weighted by molar-refractivity contribution is 0.240. The summed E-state index contributed by atoms with van der Waals surface area (Å²) >= 11 is 5.78. The van der Waals surface area contributed by atoms with Crippen molar-refractivity contribution in [1.29, 1.82) is 0 Å². The Labute approximate surface area is 98.0 Å². The van der Waals surface area contributed by atoms with Crippen molar-refractivity contribution in [2.24, 2.45) is 0 Å². The number of para-hydroxylation sites is 1. The molecule has 86 valence electrons. The van der Waals surface area contributed by atoms with E-state index in [4.69, 9.17) is 11.6 Å². The Morgan fingerprint density at radius 1 is 1.44 bits per heavy atom. The van der Waals surface area contributed by atoms with Crippen LogP contribution in [0.15, 0.2) is 18.2 Å². The molecule has 0 bridgehead atoms. The van der Waals surface area contributed by atoms with Crippen LogP contribution < -0.4 is 10.6 Å². The van der Waals surface area contributed by atoms with Crippen LogP contribution in [-0.4, -0.2) is 12.1 Å². The minimum atomic E-state index is -0.531. The van der Waals surface area contributed by atoms with Gasteiger partial charge < -0.3 is 10.6 Å². The number of halogens is 2. The van der Waals surface area contributed by atoms with Gasteiger partial charge in [0.2, 0.25) is 0 Å². The van der Waals surface area contributed by atoms with Gasteiger partial charge in [0.1, 0.15) is 5.82 Å². The fourth-order valence-electron chi connectivity index (χ4n) is 1.50. The van der Waals surface area contributed by atoms with Crippen molar-refractivity contribution in [3.05, 3.63) is 29.0 Å². The lowest BCUT2D eigenvalue weighted by Gasteiger charge is -2.26. The lowest BCUT2D eigenvalue weighted by atomic mass is 9.93. The summed E-state index contributed by atoms with van der Waals surface area (Å²) in [6, 6.07) is 4.09. The van der Waals surface area contributed by atoms with E-state index in [1.807, 2.05) is 0 Å². The summed E-state index contributed by atoms with van der Waals surface area (Å²) in [5.41, 5.74) is 0.0287. The SMILES string of the molecule is O=C(Nc1c(F)cccc1Cl)NC1CCC1. The molecule has 2 N–H and O–H groups in total. The van der Waals surface area contributed by atoms with Crippen molar-refractivity contribution < 1.29 is 9.18 Å². The van der Waals surface area contributed by atoms with Crippen LogP contribution in [0.25, 0.3) is 0 Å². The zero-order chi connectivity index (χ0) is 11.5. The third-order valence-corrected chi connectivity index (χ3v) is 2.96. The van der Waals surface area contributed by atoms with E-state index in [-0.39, 0.29) is 16.8 Å². The molecule has 0 radical (unpaired) electrons. The normalized spacial score (nSPS) is 15.4. The van der Waals surface area contributed by atoms with Gasteiger partial charge in [-0.1, -0.05) is 17.7 Å². The van der Waals surface area contributed by atoms with Gasteiger partial charge in [-0.15, -0.1) is 0 Å². The highest BCUT2D eigenvalue weighted by atomic mass is 35.5. The second kappa shape index (κ2) is 4.70. The number of carbonyl (C=O) groups excluding carboxylic acids is 1.